The van der Waals surface area contributed by atoms with Crippen molar-refractivity contribution in [3.05, 3.63) is 59.7 Å². The van der Waals surface area contributed by atoms with Crippen LogP contribution in [0.3, 0.4) is 0 Å². The van der Waals surface area contributed by atoms with Crippen LogP contribution in [0.25, 0.3) is 16.7 Å². The Morgan fingerprint density at radius 2 is 1.89 bits per heavy atom. The van der Waals surface area contributed by atoms with Crippen LogP contribution in [0.1, 0.15) is 75.5 Å². The van der Waals surface area contributed by atoms with E-state index in [0.29, 0.717) is 13.0 Å². The van der Waals surface area contributed by atoms with E-state index in [9.17, 15) is 14.0 Å². The van der Waals surface area contributed by atoms with Gasteiger partial charge in [-0.15, -0.1) is 0 Å². The molecule has 1 amide bonds. The molecule has 2 aliphatic rings. The Hall–Kier alpha value is -3.06. The van der Waals surface area contributed by atoms with Crippen molar-refractivity contribution in [2.45, 2.75) is 77.3 Å². The number of fused-ring (bicyclic) bond motifs is 1. The van der Waals surface area contributed by atoms with Gasteiger partial charge in [0.15, 0.2) is 0 Å². The zero-order valence-corrected chi connectivity index (χ0v) is 22.8. The lowest BCUT2D eigenvalue weighted by Crippen LogP contribution is -2.42. The van der Waals surface area contributed by atoms with Crippen LogP contribution in [-0.4, -0.2) is 45.8 Å². The molecule has 1 saturated heterocycles. The molecule has 2 fully saturated rings. The minimum atomic E-state index is -0.258. The molecular formula is C31H39FN4O2. The highest BCUT2D eigenvalue weighted by Gasteiger charge is 2.39. The Bertz CT molecular complexity index is 1310. The maximum absolute atomic E-state index is 14.1. The summed E-state index contributed by atoms with van der Waals surface area (Å²) < 4.78 is 15.9. The van der Waals surface area contributed by atoms with Gasteiger partial charge in [-0.05, 0) is 94.0 Å². The van der Waals surface area contributed by atoms with E-state index < -0.39 is 0 Å². The number of pyridine rings is 1. The summed E-state index contributed by atoms with van der Waals surface area (Å²) in [6.07, 6.45) is 11.5. The summed E-state index contributed by atoms with van der Waals surface area (Å²) in [6, 6.07) is 8.59. The molecule has 1 saturated carbocycles. The number of aromatic nitrogens is 2. The first-order valence-electron chi connectivity index (χ1n) is 14.1. The van der Waals surface area contributed by atoms with Crippen molar-refractivity contribution in [1.29, 1.82) is 0 Å². The summed E-state index contributed by atoms with van der Waals surface area (Å²) in [6.45, 7) is 4.56. The van der Waals surface area contributed by atoms with Gasteiger partial charge in [0.25, 0.3) is 0 Å². The van der Waals surface area contributed by atoms with Crippen LogP contribution in [0.2, 0.25) is 0 Å². The fraction of sp³-hybridized carbons (Fsp3) is 0.516. The van der Waals surface area contributed by atoms with Crippen molar-refractivity contribution in [2.24, 2.45) is 11.8 Å². The predicted molar refractivity (Wildman–Crippen MR) is 148 cm³/mol. The van der Waals surface area contributed by atoms with Gasteiger partial charge in [-0.2, -0.15) is 0 Å². The predicted octanol–water partition coefficient (Wildman–Crippen LogP) is 5.90. The van der Waals surface area contributed by atoms with Crippen molar-refractivity contribution in [1.82, 2.24) is 19.8 Å². The van der Waals surface area contributed by atoms with Crippen molar-refractivity contribution in [3.8, 4) is 5.82 Å². The molecule has 1 aliphatic heterocycles. The number of amides is 1. The van der Waals surface area contributed by atoms with Crippen LogP contribution in [0.4, 0.5) is 4.39 Å². The SMILES string of the molecule is CNC(C)C(=O)CC(C(=O)N1CCCC1c1ccnc(-n2cc(C)c3cc(F)ccc32)c1)C1CCCCC1. The first kappa shape index (κ1) is 26.5. The summed E-state index contributed by atoms with van der Waals surface area (Å²) >= 11 is 0. The fourth-order valence-corrected chi connectivity index (χ4v) is 6.47. The molecule has 2 aromatic heterocycles. The van der Waals surface area contributed by atoms with Gasteiger partial charge in [0.05, 0.1) is 17.6 Å². The minimum Gasteiger partial charge on any atom is -0.335 e. The second kappa shape index (κ2) is 11.4. The Balaban J connectivity index is 1.43. The molecule has 202 valence electrons. The average molecular weight is 519 g/mol. The molecule has 1 N–H and O–H groups in total. The maximum atomic E-state index is 14.1. The van der Waals surface area contributed by atoms with Gasteiger partial charge in [-0.3, -0.25) is 9.59 Å². The van der Waals surface area contributed by atoms with Crippen molar-refractivity contribution in [2.75, 3.05) is 13.6 Å². The molecule has 7 heteroatoms. The lowest BCUT2D eigenvalue weighted by Gasteiger charge is -2.35. The number of hydrogen-bond donors (Lipinski definition) is 1. The van der Waals surface area contributed by atoms with Gasteiger partial charge in [0, 0.05) is 36.7 Å². The van der Waals surface area contributed by atoms with Gasteiger partial charge in [0.1, 0.15) is 17.4 Å². The number of ketones is 1. The third-order valence-corrected chi connectivity index (χ3v) is 8.78. The first-order chi connectivity index (χ1) is 18.4. The maximum Gasteiger partial charge on any atom is 0.226 e. The van der Waals surface area contributed by atoms with Gasteiger partial charge in [0.2, 0.25) is 5.91 Å². The van der Waals surface area contributed by atoms with E-state index in [2.05, 4.69) is 16.4 Å². The van der Waals surface area contributed by atoms with E-state index in [1.165, 1.54) is 12.5 Å². The van der Waals surface area contributed by atoms with Crippen LogP contribution < -0.4 is 5.32 Å². The van der Waals surface area contributed by atoms with E-state index in [-0.39, 0.29) is 41.4 Å². The lowest BCUT2D eigenvalue weighted by atomic mass is 9.76. The van der Waals surface area contributed by atoms with Crippen LogP contribution >= 0.6 is 0 Å². The quantitative estimate of drug-likeness (QED) is 0.403. The molecule has 3 unspecified atom stereocenters. The number of rotatable bonds is 8. The van der Waals surface area contributed by atoms with Crippen LogP contribution in [0.15, 0.2) is 42.7 Å². The molecule has 3 aromatic rings. The van der Waals surface area contributed by atoms with Crippen molar-refractivity contribution < 1.29 is 14.0 Å². The Kier molecular flexibility index (Phi) is 7.93. The molecular weight excluding hydrogens is 479 g/mol. The third kappa shape index (κ3) is 5.26. The number of halogens is 1. The number of aryl methyl sites for hydroxylation is 1. The zero-order valence-electron chi connectivity index (χ0n) is 22.8. The normalized spacial score (nSPS) is 20.1. The molecule has 3 heterocycles. The van der Waals surface area contributed by atoms with Crippen LogP contribution in [0, 0.1) is 24.6 Å². The van der Waals surface area contributed by atoms with E-state index in [1.54, 1.807) is 25.4 Å². The van der Waals surface area contributed by atoms with Gasteiger partial charge < -0.3 is 14.8 Å². The number of benzene rings is 1. The Morgan fingerprint density at radius 1 is 1.11 bits per heavy atom. The number of Topliss-reactive ketones (excluding diaryl/α,β-unsaturated/α-hetero) is 1. The smallest absolute Gasteiger partial charge is 0.226 e. The van der Waals surface area contributed by atoms with Gasteiger partial charge in [-0.1, -0.05) is 19.3 Å². The number of nitrogens with zero attached hydrogens (tertiary/aromatic N) is 3. The van der Waals surface area contributed by atoms with Crippen molar-refractivity contribution >= 4 is 22.6 Å². The highest BCUT2D eigenvalue weighted by molar-refractivity contribution is 5.90. The molecule has 0 bridgehead atoms. The molecule has 5 rings (SSSR count). The number of carbonyl (C=O) groups is 2. The summed E-state index contributed by atoms with van der Waals surface area (Å²) in [4.78, 5) is 33.8. The topological polar surface area (TPSA) is 67.2 Å². The number of nitrogens with one attached hydrogen (secondary N) is 1. The summed E-state index contributed by atoms with van der Waals surface area (Å²) in [5, 5.41) is 3.92. The molecule has 1 aromatic carbocycles. The molecule has 0 radical (unpaired) electrons. The van der Waals surface area contributed by atoms with Crippen molar-refractivity contribution in [3.63, 3.8) is 0 Å². The largest absolute Gasteiger partial charge is 0.335 e. The van der Waals surface area contributed by atoms with E-state index in [1.807, 2.05) is 35.6 Å². The zero-order chi connectivity index (χ0) is 26.8. The highest BCUT2D eigenvalue weighted by atomic mass is 19.1. The number of likely N-dealkylation sites (tertiary alicyclic amines) is 1. The summed E-state index contributed by atoms with van der Waals surface area (Å²) in [7, 11) is 1.80. The number of carbonyl (C=O) groups excluding carboxylic acids is 2. The van der Waals surface area contributed by atoms with Crippen LogP contribution in [-0.2, 0) is 9.59 Å². The number of likely N-dealkylation sites (N-methyl/N-ethyl adjacent to an activating group) is 1. The molecule has 0 spiro atoms. The lowest BCUT2D eigenvalue weighted by molar-refractivity contribution is -0.141. The summed E-state index contributed by atoms with van der Waals surface area (Å²) in [5.74, 6) is 0.764. The number of hydrogen-bond acceptors (Lipinski definition) is 4. The van der Waals surface area contributed by atoms with Crippen LogP contribution in [0.5, 0.6) is 0 Å². The molecule has 38 heavy (non-hydrogen) atoms. The second-order valence-corrected chi connectivity index (χ2v) is 11.2. The van der Waals surface area contributed by atoms with Gasteiger partial charge in [-0.25, -0.2) is 9.37 Å². The fourth-order valence-electron chi connectivity index (χ4n) is 6.47. The monoisotopic (exact) mass is 518 g/mol. The van der Waals surface area contributed by atoms with E-state index in [0.717, 1.165) is 66.4 Å². The summed E-state index contributed by atoms with van der Waals surface area (Å²) in [5.41, 5.74) is 2.95. The van der Waals surface area contributed by atoms with E-state index >= 15 is 0 Å². The average Bonchev–Trinajstić information content (AvgIpc) is 3.56. The first-order valence-corrected chi connectivity index (χ1v) is 14.1. The second-order valence-electron chi connectivity index (χ2n) is 11.2. The standard InChI is InChI=1S/C31H39FN4O2/c1-20-19-36(28-12-11-24(32)17-25(20)28)30-16-23(13-14-34-30)27-10-7-15-35(27)31(38)26(18-29(37)21(2)33-3)22-8-5-4-6-9-22/h11-14,16-17,19,21-22,26-27,33H,4-10,15,18H2,1-3H3. The Labute approximate surface area is 224 Å². The van der Waals surface area contributed by atoms with Gasteiger partial charge >= 0.3 is 0 Å². The molecule has 3 atom stereocenters. The minimum absolute atomic E-state index is 0.0347. The van der Waals surface area contributed by atoms with E-state index in [4.69, 9.17) is 0 Å². The molecule has 6 nitrogen and oxygen atoms in total. The third-order valence-electron chi connectivity index (χ3n) is 8.78. The Morgan fingerprint density at radius 3 is 2.66 bits per heavy atom. The highest BCUT2D eigenvalue weighted by Crippen LogP contribution is 2.39. The molecule has 1 aliphatic carbocycles.